The number of thiophene rings is 1. The molecule has 0 bridgehead atoms. The smallest absolute Gasteiger partial charge is 0.0955 e. The van der Waals surface area contributed by atoms with Gasteiger partial charge in [0.1, 0.15) is 0 Å². The predicted octanol–water partition coefficient (Wildman–Crippen LogP) is 0.0159. The van der Waals surface area contributed by atoms with Gasteiger partial charge in [-0.1, -0.05) is 29.5 Å². The summed E-state index contributed by atoms with van der Waals surface area (Å²) in [5.41, 5.74) is 1.11. The number of benzene rings is 1. The van der Waals surface area contributed by atoms with E-state index in [0.717, 1.165) is 5.56 Å². The lowest BCUT2D eigenvalue weighted by molar-refractivity contribution is -0.528. The van der Waals surface area contributed by atoms with Crippen molar-refractivity contribution in [3.63, 3.8) is 0 Å². The molecule has 0 nitrogen and oxygen atoms in total. The van der Waals surface area contributed by atoms with Crippen molar-refractivity contribution >= 4 is 11.3 Å². The quantitative estimate of drug-likeness (QED) is 0.514. The van der Waals surface area contributed by atoms with E-state index in [9.17, 15) is 0 Å². The minimum atomic E-state index is -0.104. The van der Waals surface area contributed by atoms with E-state index in [1.807, 2.05) is 30.3 Å². The van der Waals surface area contributed by atoms with Gasteiger partial charge in [-0.25, -0.2) is 0 Å². The van der Waals surface area contributed by atoms with Crippen LogP contribution in [0.5, 0.6) is 0 Å². The van der Waals surface area contributed by atoms with Gasteiger partial charge in [-0.15, -0.1) is 0 Å². The normalized spacial score (nSPS) is 9.14. The third-order valence-electron chi connectivity index (χ3n) is 1.59. The Labute approximate surface area is 98.2 Å². The van der Waals surface area contributed by atoms with Crippen molar-refractivity contribution in [1.29, 1.82) is 0 Å². The molecule has 68 valence electrons. The van der Waals surface area contributed by atoms with Gasteiger partial charge in [0.2, 0.25) is 0 Å². The zero-order chi connectivity index (χ0) is 9.64. The van der Waals surface area contributed by atoms with Gasteiger partial charge in [-0.05, 0) is 29.5 Å². The number of hydrogen-bond acceptors (Lipinski definition) is 1. The van der Waals surface area contributed by atoms with Crippen LogP contribution in [0.4, 0.5) is 0 Å². The summed E-state index contributed by atoms with van der Waals surface area (Å²) in [5, 5.41) is 2.11. The minimum Gasteiger partial charge on any atom is -0.0955 e. The van der Waals surface area contributed by atoms with Crippen molar-refractivity contribution in [1.82, 2.24) is 0 Å². The highest BCUT2D eigenvalue weighted by Gasteiger charge is 2.08. The van der Waals surface area contributed by atoms with Crippen LogP contribution in [0.1, 0.15) is 5.56 Å². The summed E-state index contributed by atoms with van der Waals surface area (Å²) < 4.78 is 4.71. The Bertz CT molecular complexity index is 434. The van der Waals surface area contributed by atoms with Gasteiger partial charge in [0.05, 0.1) is 0 Å². The maximum Gasteiger partial charge on any atom is 0.432 e. The molecule has 2 rings (SSSR count). The first kappa shape index (κ1) is 9.75. The topological polar surface area (TPSA) is 0 Å². The molecular formula is C12H8IS+. The van der Waals surface area contributed by atoms with Crippen LogP contribution < -0.4 is 21.2 Å². The number of halogens is 1. The van der Waals surface area contributed by atoms with Crippen LogP contribution >= 0.6 is 11.3 Å². The molecular weight excluding hydrogens is 303 g/mol. The van der Waals surface area contributed by atoms with Crippen LogP contribution in [-0.4, -0.2) is 0 Å². The summed E-state index contributed by atoms with van der Waals surface area (Å²) in [6.45, 7) is 0. The first-order chi connectivity index (χ1) is 6.95. The summed E-state index contributed by atoms with van der Waals surface area (Å²) in [5.74, 6) is 3.19. The maximum absolute atomic E-state index is 3.27. The average Bonchev–Trinajstić information content (AvgIpc) is 2.72. The van der Waals surface area contributed by atoms with Crippen LogP contribution in [-0.2, 0) is 0 Å². The van der Waals surface area contributed by atoms with Gasteiger partial charge in [-0.2, -0.15) is 0 Å². The lowest BCUT2D eigenvalue weighted by atomic mass is 10.2. The first-order valence-corrected chi connectivity index (χ1v) is 7.22. The Kier molecular flexibility index (Phi) is 3.61. The van der Waals surface area contributed by atoms with Crippen LogP contribution in [0.3, 0.4) is 0 Å². The van der Waals surface area contributed by atoms with Gasteiger partial charge in [0.15, 0.2) is 3.93 Å². The van der Waals surface area contributed by atoms with Gasteiger partial charge in [0, 0.05) is 11.6 Å². The number of rotatable bonds is 1. The molecule has 2 heteroatoms. The van der Waals surface area contributed by atoms with Crippen molar-refractivity contribution in [2.75, 3.05) is 0 Å². The van der Waals surface area contributed by atoms with E-state index in [1.54, 1.807) is 11.3 Å². The Balaban J connectivity index is 2.02. The van der Waals surface area contributed by atoms with Crippen LogP contribution in [0.15, 0.2) is 47.8 Å². The highest BCUT2D eigenvalue weighted by Crippen LogP contribution is 1.94. The predicted molar refractivity (Wildman–Crippen MR) is 56.3 cm³/mol. The fourth-order valence-corrected chi connectivity index (χ4v) is 3.63. The van der Waals surface area contributed by atoms with Crippen molar-refractivity contribution < 1.29 is 21.2 Å². The van der Waals surface area contributed by atoms with E-state index >= 15 is 0 Å². The monoisotopic (exact) mass is 311 g/mol. The second-order valence-corrected chi connectivity index (χ2v) is 6.52. The second-order valence-electron chi connectivity index (χ2n) is 2.60. The second kappa shape index (κ2) is 5.18. The summed E-state index contributed by atoms with van der Waals surface area (Å²) >= 11 is 1.70. The van der Waals surface area contributed by atoms with E-state index in [0.29, 0.717) is 0 Å². The highest BCUT2D eigenvalue weighted by molar-refractivity contribution is 7.07. The Morgan fingerprint density at radius 3 is 2.57 bits per heavy atom. The lowest BCUT2D eigenvalue weighted by Crippen LogP contribution is -3.59. The lowest BCUT2D eigenvalue weighted by Gasteiger charge is -1.82. The number of hydrogen-bond donors (Lipinski definition) is 0. The molecule has 1 heterocycles. The van der Waals surface area contributed by atoms with E-state index in [1.165, 1.54) is 2.88 Å². The molecule has 14 heavy (non-hydrogen) atoms. The molecule has 0 radical (unpaired) electrons. The molecule has 0 fully saturated rings. The minimum absolute atomic E-state index is 0.104. The fourth-order valence-electron chi connectivity index (χ4n) is 0.959. The first-order valence-electron chi connectivity index (χ1n) is 4.18. The summed E-state index contributed by atoms with van der Waals surface area (Å²) in [6, 6.07) is 14.4. The van der Waals surface area contributed by atoms with Crippen molar-refractivity contribution in [2.24, 2.45) is 0 Å². The van der Waals surface area contributed by atoms with E-state index < -0.39 is 0 Å². The van der Waals surface area contributed by atoms with Gasteiger partial charge in [-0.3, -0.25) is 0 Å². The fraction of sp³-hybridized carbons (Fsp3) is 0. The maximum atomic E-state index is 3.27. The third kappa shape index (κ3) is 2.86. The molecule has 2 aromatic rings. The van der Waals surface area contributed by atoms with E-state index in [4.69, 9.17) is 0 Å². The van der Waals surface area contributed by atoms with Crippen LogP contribution in [0, 0.1) is 12.7 Å². The largest absolute Gasteiger partial charge is 0.432 e. The van der Waals surface area contributed by atoms with Crippen LogP contribution in [0.25, 0.3) is 0 Å². The molecule has 0 spiro atoms. The Morgan fingerprint density at radius 2 is 1.86 bits per heavy atom. The summed E-state index contributed by atoms with van der Waals surface area (Å²) in [6.07, 6.45) is 0. The van der Waals surface area contributed by atoms with E-state index in [-0.39, 0.29) is 21.2 Å². The zero-order valence-electron chi connectivity index (χ0n) is 7.41. The molecule has 0 N–H and O–H groups in total. The molecule has 0 aliphatic carbocycles. The molecule has 0 aliphatic heterocycles. The molecule has 0 aliphatic rings. The average molecular weight is 311 g/mol. The zero-order valence-corrected chi connectivity index (χ0v) is 10.4. The molecule has 0 unspecified atom stereocenters. The molecule has 1 aromatic carbocycles. The Morgan fingerprint density at radius 1 is 1.00 bits per heavy atom. The molecule has 0 atom stereocenters. The van der Waals surface area contributed by atoms with E-state index in [2.05, 4.69) is 27.4 Å². The van der Waals surface area contributed by atoms with Gasteiger partial charge in [0.25, 0.3) is 2.88 Å². The highest BCUT2D eigenvalue weighted by atomic mass is 127. The standard InChI is InChI=1S/C12H8IS/c1-2-5-11(6-3-1)8-9-13-12-7-4-10-14-12/h1-7,10H/q+1. The van der Waals surface area contributed by atoms with Gasteiger partial charge < -0.3 is 0 Å². The van der Waals surface area contributed by atoms with Crippen molar-refractivity contribution in [2.45, 2.75) is 0 Å². The summed E-state index contributed by atoms with van der Waals surface area (Å²) in [7, 11) is 0. The SMILES string of the molecule is C(#Cc1ccccc1)[I+]c1cccs1. The third-order valence-corrected chi connectivity index (χ3v) is 4.96. The Hall–Kier alpha value is -0.790. The van der Waals surface area contributed by atoms with Crippen LogP contribution in [0.2, 0.25) is 0 Å². The van der Waals surface area contributed by atoms with Crippen molar-refractivity contribution in [3.8, 4) is 9.85 Å². The van der Waals surface area contributed by atoms with Crippen molar-refractivity contribution in [3.05, 3.63) is 56.3 Å². The summed E-state index contributed by atoms with van der Waals surface area (Å²) in [4.78, 5) is 0. The van der Waals surface area contributed by atoms with Gasteiger partial charge >= 0.3 is 21.2 Å². The molecule has 0 amide bonds. The molecule has 1 aromatic heterocycles. The molecule has 0 saturated heterocycles. The molecule has 0 saturated carbocycles.